The molecule has 0 aliphatic rings. The second kappa shape index (κ2) is 7.36. The Labute approximate surface area is 121 Å². The fraction of sp³-hybridized carbons (Fsp3) is 0.308. The van der Waals surface area contributed by atoms with Crippen LogP contribution in [0.2, 0.25) is 5.02 Å². The Balaban J connectivity index is 2.75. The molecule has 0 fully saturated rings. The molecule has 7 heteroatoms. The Morgan fingerprint density at radius 1 is 1.50 bits per heavy atom. The number of carbonyl (C=O) groups is 2. The first-order chi connectivity index (χ1) is 9.47. The second-order valence-corrected chi connectivity index (χ2v) is 4.49. The van der Waals surface area contributed by atoms with E-state index < -0.39 is 18.0 Å². The third-order valence-corrected chi connectivity index (χ3v) is 2.85. The summed E-state index contributed by atoms with van der Waals surface area (Å²) >= 11 is 5.89. The number of carboxylic acids is 1. The molecule has 0 saturated heterocycles. The standard InChI is InChI=1S/C13H14ClN3O3/c1-2-3-10(12(18)19)16-13(20)17-11-6-8(7-15)4-5-9(11)14/h4-6,10H,2-3H2,1H3,(H,18,19)(H2,16,17,20)/t10-/m1/s1. The lowest BCUT2D eigenvalue weighted by atomic mass is 10.2. The van der Waals surface area contributed by atoms with Crippen LogP contribution >= 0.6 is 11.6 Å². The molecule has 6 nitrogen and oxygen atoms in total. The van der Waals surface area contributed by atoms with Gasteiger partial charge in [0.25, 0.3) is 0 Å². The monoisotopic (exact) mass is 295 g/mol. The molecule has 20 heavy (non-hydrogen) atoms. The number of aliphatic carboxylic acids is 1. The molecule has 0 saturated carbocycles. The number of anilines is 1. The van der Waals surface area contributed by atoms with E-state index in [0.717, 1.165) is 0 Å². The van der Waals surface area contributed by atoms with Gasteiger partial charge in [0.05, 0.1) is 22.3 Å². The van der Waals surface area contributed by atoms with Crippen LogP contribution < -0.4 is 10.6 Å². The van der Waals surface area contributed by atoms with E-state index in [1.807, 2.05) is 13.0 Å². The predicted octanol–water partition coefficient (Wildman–Crippen LogP) is 2.59. The fourth-order valence-corrected chi connectivity index (χ4v) is 1.72. The van der Waals surface area contributed by atoms with Crippen molar-refractivity contribution in [2.24, 2.45) is 0 Å². The molecule has 1 rings (SSSR count). The average molecular weight is 296 g/mol. The highest BCUT2D eigenvalue weighted by Crippen LogP contribution is 2.22. The van der Waals surface area contributed by atoms with Gasteiger partial charge in [-0.15, -0.1) is 0 Å². The van der Waals surface area contributed by atoms with Crippen molar-refractivity contribution in [1.82, 2.24) is 5.32 Å². The van der Waals surface area contributed by atoms with Crippen molar-refractivity contribution in [1.29, 1.82) is 5.26 Å². The smallest absolute Gasteiger partial charge is 0.326 e. The number of urea groups is 1. The number of nitrogens with one attached hydrogen (secondary N) is 2. The highest BCUT2D eigenvalue weighted by atomic mass is 35.5. The summed E-state index contributed by atoms with van der Waals surface area (Å²) in [6, 6.07) is 4.70. The van der Waals surface area contributed by atoms with E-state index in [1.165, 1.54) is 18.2 Å². The third-order valence-electron chi connectivity index (χ3n) is 2.52. The largest absolute Gasteiger partial charge is 0.480 e. The number of hydrogen-bond acceptors (Lipinski definition) is 3. The van der Waals surface area contributed by atoms with E-state index in [4.69, 9.17) is 22.0 Å². The first-order valence-corrected chi connectivity index (χ1v) is 6.35. The molecule has 1 aromatic carbocycles. The summed E-state index contributed by atoms with van der Waals surface area (Å²) in [5.74, 6) is -1.10. The molecule has 3 N–H and O–H groups in total. The number of carbonyl (C=O) groups excluding carboxylic acids is 1. The van der Waals surface area contributed by atoms with Gasteiger partial charge in [0.15, 0.2) is 0 Å². The summed E-state index contributed by atoms with van der Waals surface area (Å²) in [5, 5.41) is 22.8. The van der Waals surface area contributed by atoms with Crippen LogP contribution in [-0.4, -0.2) is 23.1 Å². The predicted molar refractivity (Wildman–Crippen MR) is 74.7 cm³/mol. The third kappa shape index (κ3) is 4.44. The van der Waals surface area contributed by atoms with Crippen molar-refractivity contribution in [3.8, 4) is 6.07 Å². The summed E-state index contributed by atoms with van der Waals surface area (Å²) in [6.45, 7) is 1.82. The molecule has 0 spiro atoms. The summed E-state index contributed by atoms with van der Waals surface area (Å²) in [4.78, 5) is 22.7. The van der Waals surface area contributed by atoms with Crippen LogP contribution in [0.4, 0.5) is 10.5 Å². The highest BCUT2D eigenvalue weighted by Gasteiger charge is 2.19. The minimum absolute atomic E-state index is 0.254. The van der Waals surface area contributed by atoms with Crippen LogP contribution in [0, 0.1) is 11.3 Å². The van der Waals surface area contributed by atoms with Crippen molar-refractivity contribution in [3.63, 3.8) is 0 Å². The molecule has 0 radical (unpaired) electrons. The molecule has 0 aromatic heterocycles. The molecule has 2 amide bonds. The lowest BCUT2D eigenvalue weighted by Crippen LogP contribution is -2.42. The van der Waals surface area contributed by atoms with Gasteiger partial charge in [-0.25, -0.2) is 9.59 Å². The van der Waals surface area contributed by atoms with E-state index in [1.54, 1.807) is 0 Å². The minimum atomic E-state index is -1.10. The number of rotatable bonds is 5. The SMILES string of the molecule is CCC[C@@H](NC(=O)Nc1cc(C#N)ccc1Cl)C(=O)O. The van der Waals surface area contributed by atoms with Gasteiger partial charge in [-0.1, -0.05) is 24.9 Å². The Kier molecular flexibility index (Phi) is 5.81. The van der Waals surface area contributed by atoms with Gasteiger partial charge >= 0.3 is 12.0 Å². The zero-order chi connectivity index (χ0) is 15.1. The molecule has 0 aliphatic carbocycles. The maximum Gasteiger partial charge on any atom is 0.326 e. The number of benzene rings is 1. The average Bonchev–Trinajstić information content (AvgIpc) is 2.40. The summed E-state index contributed by atoms with van der Waals surface area (Å²) < 4.78 is 0. The summed E-state index contributed by atoms with van der Waals surface area (Å²) in [6.07, 6.45) is 0.955. The second-order valence-electron chi connectivity index (χ2n) is 4.08. The Morgan fingerprint density at radius 2 is 2.20 bits per heavy atom. The van der Waals surface area contributed by atoms with E-state index >= 15 is 0 Å². The Morgan fingerprint density at radius 3 is 2.75 bits per heavy atom. The van der Waals surface area contributed by atoms with Crippen molar-refractivity contribution in [3.05, 3.63) is 28.8 Å². The lowest BCUT2D eigenvalue weighted by Gasteiger charge is -2.14. The normalized spacial score (nSPS) is 11.2. The summed E-state index contributed by atoms with van der Waals surface area (Å²) in [7, 11) is 0. The van der Waals surface area contributed by atoms with Crippen molar-refractivity contribution in [2.75, 3.05) is 5.32 Å². The number of hydrogen-bond donors (Lipinski definition) is 3. The van der Waals surface area contributed by atoms with Gasteiger partial charge in [-0.3, -0.25) is 0 Å². The first kappa shape index (κ1) is 15.8. The van der Waals surface area contributed by atoms with Gasteiger partial charge < -0.3 is 15.7 Å². The van der Waals surface area contributed by atoms with Crippen molar-refractivity contribution in [2.45, 2.75) is 25.8 Å². The maximum absolute atomic E-state index is 11.7. The number of amides is 2. The molecule has 106 valence electrons. The zero-order valence-corrected chi connectivity index (χ0v) is 11.6. The van der Waals surface area contributed by atoms with Gasteiger partial charge in [-0.2, -0.15) is 5.26 Å². The van der Waals surface area contributed by atoms with Crippen LogP contribution in [0.5, 0.6) is 0 Å². The minimum Gasteiger partial charge on any atom is -0.480 e. The quantitative estimate of drug-likeness (QED) is 0.777. The number of nitrogens with zero attached hydrogens (tertiary/aromatic N) is 1. The molecule has 0 heterocycles. The molecular formula is C13H14ClN3O3. The van der Waals surface area contributed by atoms with Crippen LogP contribution in [0.15, 0.2) is 18.2 Å². The Bertz CT molecular complexity index is 554. The van der Waals surface area contributed by atoms with Crippen LogP contribution in [0.1, 0.15) is 25.3 Å². The molecular weight excluding hydrogens is 282 g/mol. The first-order valence-electron chi connectivity index (χ1n) is 5.98. The van der Waals surface area contributed by atoms with Gasteiger partial charge in [0.2, 0.25) is 0 Å². The molecule has 1 aromatic rings. The van der Waals surface area contributed by atoms with E-state index in [-0.39, 0.29) is 10.7 Å². The van der Waals surface area contributed by atoms with Crippen molar-refractivity contribution < 1.29 is 14.7 Å². The van der Waals surface area contributed by atoms with Gasteiger partial charge in [0.1, 0.15) is 6.04 Å². The fourth-order valence-electron chi connectivity index (χ4n) is 1.55. The van der Waals surface area contributed by atoms with Gasteiger partial charge in [0, 0.05) is 0 Å². The van der Waals surface area contributed by atoms with Gasteiger partial charge in [-0.05, 0) is 24.6 Å². The molecule has 0 unspecified atom stereocenters. The highest BCUT2D eigenvalue weighted by molar-refractivity contribution is 6.33. The molecule has 1 atom stereocenters. The number of halogens is 1. The van der Waals surface area contributed by atoms with E-state index in [0.29, 0.717) is 18.4 Å². The number of carboxylic acid groups (broad SMARTS) is 1. The Hall–Kier alpha value is -2.26. The number of nitriles is 1. The zero-order valence-electron chi connectivity index (χ0n) is 10.8. The maximum atomic E-state index is 11.7. The van der Waals surface area contributed by atoms with E-state index in [2.05, 4.69) is 10.6 Å². The van der Waals surface area contributed by atoms with Crippen LogP contribution in [0.3, 0.4) is 0 Å². The van der Waals surface area contributed by atoms with Crippen molar-refractivity contribution >= 4 is 29.3 Å². The summed E-state index contributed by atoms with van der Waals surface area (Å²) in [5.41, 5.74) is 0.594. The van der Waals surface area contributed by atoms with Crippen LogP contribution in [0.25, 0.3) is 0 Å². The lowest BCUT2D eigenvalue weighted by molar-refractivity contribution is -0.139. The molecule has 0 aliphatic heterocycles. The van der Waals surface area contributed by atoms with Crippen LogP contribution in [-0.2, 0) is 4.79 Å². The topological polar surface area (TPSA) is 102 Å². The molecule has 0 bridgehead atoms. The van der Waals surface area contributed by atoms with E-state index in [9.17, 15) is 9.59 Å².